The molecule has 1 aromatic heterocycles. The number of primary amides is 1. The maximum atomic E-state index is 11.6. The Kier molecular flexibility index (Phi) is 5.56. The van der Waals surface area contributed by atoms with E-state index in [-0.39, 0.29) is 6.04 Å². The fourth-order valence-electron chi connectivity index (χ4n) is 1.96. The van der Waals surface area contributed by atoms with E-state index in [2.05, 4.69) is 11.1 Å². The van der Waals surface area contributed by atoms with Crippen LogP contribution in [0.5, 0.6) is 0 Å². The van der Waals surface area contributed by atoms with Crippen molar-refractivity contribution in [3.63, 3.8) is 0 Å². The lowest BCUT2D eigenvalue weighted by Gasteiger charge is -2.32. The van der Waals surface area contributed by atoms with Crippen molar-refractivity contribution < 1.29 is 4.79 Å². The number of hydrogen-bond donors (Lipinski definition) is 1. The van der Waals surface area contributed by atoms with Gasteiger partial charge in [0, 0.05) is 18.8 Å². The smallest absolute Gasteiger partial charge is 0.252 e. The molecule has 5 nitrogen and oxygen atoms in total. The summed E-state index contributed by atoms with van der Waals surface area (Å²) in [5.41, 5.74) is 5.97. The zero-order chi connectivity index (χ0) is 16.2. The second-order valence-corrected chi connectivity index (χ2v) is 6.31. The molecular formula is C15H21ClN4O. The molecule has 0 fully saturated rings. The van der Waals surface area contributed by atoms with Crippen LogP contribution in [-0.4, -0.2) is 23.5 Å². The summed E-state index contributed by atoms with van der Waals surface area (Å²) in [5, 5.41) is 9.44. The fourth-order valence-corrected chi connectivity index (χ4v) is 2.11. The number of pyridine rings is 1. The Morgan fingerprint density at radius 2 is 2.19 bits per heavy atom. The van der Waals surface area contributed by atoms with Gasteiger partial charge in [0.05, 0.1) is 22.7 Å². The Hall–Kier alpha value is -1.80. The average Bonchev–Trinajstić information content (AvgIpc) is 2.38. The number of amides is 1. The largest absolute Gasteiger partial charge is 0.368 e. The van der Waals surface area contributed by atoms with Gasteiger partial charge in [0.2, 0.25) is 0 Å². The quantitative estimate of drug-likeness (QED) is 0.819. The predicted molar refractivity (Wildman–Crippen MR) is 84.3 cm³/mol. The van der Waals surface area contributed by atoms with E-state index in [4.69, 9.17) is 22.6 Å². The van der Waals surface area contributed by atoms with E-state index in [1.165, 1.54) is 6.20 Å². The van der Waals surface area contributed by atoms with E-state index in [9.17, 15) is 4.79 Å². The first kappa shape index (κ1) is 17.3. The van der Waals surface area contributed by atoms with Gasteiger partial charge in [0.1, 0.15) is 5.15 Å². The standard InChI is InChI=1S/C15H21ClN4O/c1-10(2)20(6-5-15(3,4)9-17)12-7-13(16)19-8-11(12)14(18)21/h7-8,10H,5-6H2,1-4H3,(H2,18,21). The SMILES string of the molecule is CC(C)N(CCC(C)(C)C#N)c1cc(Cl)ncc1C(N)=O. The number of nitriles is 1. The summed E-state index contributed by atoms with van der Waals surface area (Å²) in [6, 6.07) is 4.05. The molecule has 0 atom stereocenters. The van der Waals surface area contributed by atoms with E-state index in [1.54, 1.807) is 6.07 Å². The lowest BCUT2D eigenvalue weighted by atomic mass is 9.91. The summed E-state index contributed by atoms with van der Waals surface area (Å²) in [6.07, 6.45) is 2.06. The van der Waals surface area contributed by atoms with Crippen LogP contribution in [0.2, 0.25) is 5.15 Å². The summed E-state index contributed by atoms with van der Waals surface area (Å²) >= 11 is 5.95. The maximum absolute atomic E-state index is 11.6. The number of nitrogens with zero attached hydrogens (tertiary/aromatic N) is 3. The van der Waals surface area contributed by atoms with E-state index < -0.39 is 11.3 Å². The number of carbonyl (C=O) groups excluding carboxylic acids is 1. The summed E-state index contributed by atoms with van der Waals surface area (Å²) < 4.78 is 0. The van der Waals surface area contributed by atoms with Crippen molar-refractivity contribution in [3.8, 4) is 6.07 Å². The third-order valence-electron chi connectivity index (χ3n) is 3.33. The van der Waals surface area contributed by atoms with Gasteiger partial charge in [-0.1, -0.05) is 11.6 Å². The van der Waals surface area contributed by atoms with Gasteiger partial charge in [0.15, 0.2) is 0 Å². The van der Waals surface area contributed by atoms with Crippen molar-refractivity contribution in [2.75, 3.05) is 11.4 Å². The molecule has 0 aromatic carbocycles. The van der Waals surface area contributed by atoms with E-state index in [0.29, 0.717) is 29.4 Å². The van der Waals surface area contributed by atoms with Crippen LogP contribution in [0, 0.1) is 16.7 Å². The van der Waals surface area contributed by atoms with Crippen LogP contribution in [0.3, 0.4) is 0 Å². The van der Waals surface area contributed by atoms with Gasteiger partial charge in [-0.2, -0.15) is 5.26 Å². The zero-order valence-corrected chi connectivity index (χ0v) is 13.6. The number of rotatable bonds is 6. The highest BCUT2D eigenvalue weighted by Gasteiger charge is 2.23. The van der Waals surface area contributed by atoms with Gasteiger partial charge >= 0.3 is 0 Å². The highest BCUT2D eigenvalue weighted by atomic mass is 35.5. The molecule has 0 saturated heterocycles. The van der Waals surface area contributed by atoms with Gasteiger partial charge in [-0.3, -0.25) is 4.79 Å². The van der Waals surface area contributed by atoms with Crippen molar-refractivity contribution in [2.45, 2.75) is 40.2 Å². The van der Waals surface area contributed by atoms with Crippen LogP contribution in [0.4, 0.5) is 5.69 Å². The van der Waals surface area contributed by atoms with Gasteiger partial charge in [-0.05, 0) is 40.2 Å². The molecule has 1 aromatic rings. The minimum Gasteiger partial charge on any atom is -0.368 e. The highest BCUT2D eigenvalue weighted by molar-refractivity contribution is 6.29. The molecule has 2 N–H and O–H groups in total. The lowest BCUT2D eigenvalue weighted by molar-refractivity contribution is 0.100. The molecule has 6 heteroatoms. The molecule has 0 spiro atoms. The molecule has 0 aliphatic rings. The third-order valence-corrected chi connectivity index (χ3v) is 3.53. The molecule has 0 saturated carbocycles. The van der Waals surface area contributed by atoms with Gasteiger partial charge in [-0.15, -0.1) is 0 Å². The highest BCUT2D eigenvalue weighted by Crippen LogP contribution is 2.27. The molecular weight excluding hydrogens is 288 g/mol. The van der Waals surface area contributed by atoms with Crippen LogP contribution in [0.25, 0.3) is 0 Å². The summed E-state index contributed by atoms with van der Waals surface area (Å²) in [6.45, 7) is 8.43. The van der Waals surface area contributed by atoms with E-state index in [1.807, 2.05) is 32.6 Å². The molecule has 0 bridgehead atoms. The zero-order valence-electron chi connectivity index (χ0n) is 12.9. The molecule has 114 valence electrons. The second kappa shape index (κ2) is 6.77. The van der Waals surface area contributed by atoms with Crippen molar-refractivity contribution in [3.05, 3.63) is 23.0 Å². The lowest BCUT2D eigenvalue weighted by Crippen LogP contribution is -2.35. The van der Waals surface area contributed by atoms with Crippen LogP contribution in [0.15, 0.2) is 12.3 Å². The fraction of sp³-hybridized carbons (Fsp3) is 0.533. The number of hydrogen-bond acceptors (Lipinski definition) is 4. The Bertz CT molecular complexity index is 563. The van der Waals surface area contributed by atoms with Crippen LogP contribution >= 0.6 is 11.6 Å². The number of aromatic nitrogens is 1. The summed E-state index contributed by atoms with van der Waals surface area (Å²) in [5.74, 6) is -0.542. The molecule has 0 aliphatic carbocycles. The first-order valence-electron chi connectivity index (χ1n) is 6.81. The van der Waals surface area contributed by atoms with Gasteiger partial charge in [-0.25, -0.2) is 4.98 Å². The van der Waals surface area contributed by atoms with Crippen molar-refractivity contribution in [2.24, 2.45) is 11.1 Å². The maximum Gasteiger partial charge on any atom is 0.252 e. The van der Waals surface area contributed by atoms with Crippen LogP contribution in [-0.2, 0) is 0 Å². The third kappa shape index (κ3) is 4.61. The number of carbonyl (C=O) groups is 1. The topological polar surface area (TPSA) is 83.0 Å². The summed E-state index contributed by atoms with van der Waals surface area (Å²) in [4.78, 5) is 17.5. The normalized spacial score (nSPS) is 11.3. The average molecular weight is 309 g/mol. The Labute approximate surface area is 130 Å². The Morgan fingerprint density at radius 3 is 2.67 bits per heavy atom. The van der Waals surface area contributed by atoms with E-state index >= 15 is 0 Å². The number of anilines is 1. The van der Waals surface area contributed by atoms with Crippen molar-refractivity contribution in [1.29, 1.82) is 5.26 Å². The predicted octanol–water partition coefficient (Wildman–Crippen LogP) is 2.99. The van der Waals surface area contributed by atoms with Gasteiger partial charge in [0.25, 0.3) is 5.91 Å². The minimum absolute atomic E-state index is 0.135. The first-order valence-corrected chi connectivity index (χ1v) is 7.19. The second-order valence-electron chi connectivity index (χ2n) is 5.92. The molecule has 0 unspecified atom stereocenters. The summed E-state index contributed by atoms with van der Waals surface area (Å²) in [7, 11) is 0. The van der Waals surface area contributed by atoms with Crippen molar-refractivity contribution in [1.82, 2.24) is 4.98 Å². The monoisotopic (exact) mass is 308 g/mol. The molecule has 0 aliphatic heterocycles. The molecule has 0 radical (unpaired) electrons. The number of nitrogens with two attached hydrogens (primary N) is 1. The Morgan fingerprint density at radius 1 is 1.57 bits per heavy atom. The van der Waals surface area contributed by atoms with Gasteiger partial charge < -0.3 is 10.6 Å². The van der Waals surface area contributed by atoms with Crippen LogP contribution < -0.4 is 10.6 Å². The Balaban J connectivity index is 3.15. The minimum atomic E-state index is -0.542. The number of halogens is 1. The molecule has 1 heterocycles. The first-order chi connectivity index (χ1) is 9.68. The molecule has 21 heavy (non-hydrogen) atoms. The van der Waals surface area contributed by atoms with E-state index in [0.717, 1.165) is 0 Å². The molecule has 1 rings (SSSR count). The van der Waals surface area contributed by atoms with Crippen molar-refractivity contribution >= 4 is 23.2 Å². The molecule has 1 amide bonds. The van der Waals surface area contributed by atoms with Crippen LogP contribution in [0.1, 0.15) is 44.5 Å².